The number of nitrogens with two attached hydrogens (primary N) is 1. The van der Waals surface area contributed by atoms with Gasteiger partial charge in [0, 0.05) is 7.05 Å². The van der Waals surface area contributed by atoms with Crippen molar-refractivity contribution in [3.05, 3.63) is 11.6 Å². The molecule has 0 saturated carbocycles. The van der Waals surface area contributed by atoms with Crippen LogP contribution in [0, 0.1) is 13.8 Å². The zero-order valence-electron chi connectivity index (χ0n) is 8.27. The Bertz CT molecular complexity index is 476. The summed E-state index contributed by atoms with van der Waals surface area (Å²) in [5.41, 5.74) is 7.19. The molecule has 14 heavy (non-hydrogen) atoms. The second kappa shape index (κ2) is 3.42. The van der Waals surface area contributed by atoms with Gasteiger partial charge < -0.3 is 10.3 Å². The SMILES string of the molecule is Cc1nc(N)c2nc(C)n(C)c2n1.Cl. The molecule has 2 aromatic rings. The molecule has 2 aromatic heterocycles. The van der Waals surface area contributed by atoms with Crippen molar-refractivity contribution in [2.24, 2.45) is 7.05 Å². The minimum Gasteiger partial charge on any atom is -0.382 e. The molecule has 0 aromatic carbocycles. The van der Waals surface area contributed by atoms with Crippen molar-refractivity contribution in [3.63, 3.8) is 0 Å². The Morgan fingerprint density at radius 3 is 2.43 bits per heavy atom. The molecular weight excluding hydrogens is 202 g/mol. The molecule has 0 fully saturated rings. The summed E-state index contributed by atoms with van der Waals surface area (Å²) in [6, 6.07) is 0. The van der Waals surface area contributed by atoms with Gasteiger partial charge in [0.05, 0.1) is 0 Å². The highest BCUT2D eigenvalue weighted by molar-refractivity contribution is 5.85. The smallest absolute Gasteiger partial charge is 0.165 e. The summed E-state index contributed by atoms with van der Waals surface area (Å²) in [7, 11) is 1.91. The van der Waals surface area contributed by atoms with Crippen LogP contribution in [0.4, 0.5) is 5.82 Å². The average molecular weight is 214 g/mol. The second-order valence-electron chi connectivity index (χ2n) is 3.05. The van der Waals surface area contributed by atoms with Crippen LogP contribution < -0.4 is 5.73 Å². The third-order valence-electron chi connectivity index (χ3n) is 2.08. The molecule has 0 aliphatic rings. The number of aromatic nitrogens is 4. The van der Waals surface area contributed by atoms with E-state index in [9.17, 15) is 0 Å². The maximum Gasteiger partial charge on any atom is 0.165 e. The third kappa shape index (κ3) is 1.39. The molecule has 0 amide bonds. The predicted octanol–water partition coefficient (Wildman–Crippen LogP) is 0.984. The number of fused-ring (bicyclic) bond motifs is 1. The Kier molecular flexibility index (Phi) is 2.62. The third-order valence-corrected chi connectivity index (χ3v) is 2.08. The van der Waals surface area contributed by atoms with Crippen LogP contribution in [0.5, 0.6) is 0 Å². The van der Waals surface area contributed by atoms with Crippen molar-refractivity contribution in [2.75, 3.05) is 5.73 Å². The van der Waals surface area contributed by atoms with E-state index < -0.39 is 0 Å². The number of imidazole rings is 1. The number of anilines is 1. The lowest BCUT2D eigenvalue weighted by atomic mass is 10.5. The van der Waals surface area contributed by atoms with E-state index in [4.69, 9.17) is 5.73 Å². The van der Waals surface area contributed by atoms with Crippen LogP contribution >= 0.6 is 12.4 Å². The molecule has 0 unspecified atom stereocenters. The van der Waals surface area contributed by atoms with Gasteiger partial charge >= 0.3 is 0 Å². The molecule has 0 radical (unpaired) electrons. The molecule has 0 aliphatic carbocycles. The van der Waals surface area contributed by atoms with E-state index in [1.54, 1.807) is 0 Å². The first kappa shape index (κ1) is 10.7. The Balaban J connectivity index is 0.000000980. The van der Waals surface area contributed by atoms with Crippen LogP contribution in [0.2, 0.25) is 0 Å². The van der Waals surface area contributed by atoms with Gasteiger partial charge in [-0.2, -0.15) is 0 Å². The van der Waals surface area contributed by atoms with E-state index in [0.29, 0.717) is 17.2 Å². The molecule has 0 saturated heterocycles. The van der Waals surface area contributed by atoms with Crippen LogP contribution in [0.15, 0.2) is 0 Å². The highest BCUT2D eigenvalue weighted by atomic mass is 35.5. The quantitative estimate of drug-likeness (QED) is 0.709. The summed E-state index contributed by atoms with van der Waals surface area (Å²) < 4.78 is 1.90. The van der Waals surface area contributed by atoms with Crippen molar-refractivity contribution in [1.82, 2.24) is 19.5 Å². The van der Waals surface area contributed by atoms with Gasteiger partial charge in [-0.25, -0.2) is 15.0 Å². The van der Waals surface area contributed by atoms with E-state index in [-0.39, 0.29) is 12.4 Å². The first-order valence-corrected chi connectivity index (χ1v) is 4.02. The Morgan fingerprint density at radius 1 is 1.14 bits per heavy atom. The van der Waals surface area contributed by atoms with Crippen LogP contribution in [0.25, 0.3) is 11.2 Å². The Labute approximate surface area is 87.8 Å². The standard InChI is InChI=1S/C8H11N5.ClH/c1-4-10-7(9)6-8(11-4)13(3)5(2)12-6;/h1-3H3,(H2,9,10,11);1H. The number of hydrogen-bond donors (Lipinski definition) is 1. The molecule has 2 heterocycles. The molecule has 5 nitrogen and oxygen atoms in total. The van der Waals surface area contributed by atoms with E-state index in [2.05, 4.69) is 15.0 Å². The first-order chi connectivity index (χ1) is 6.09. The largest absolute Gasteiger partial charge is 0.382 e. The summed E-state index contributed by atoms with van der Waals surface area (Å²) in [6.07, 6.45) is 0. The van der Waals surface area contributed by atoms with Crippen LogP contribution in [-0.4, -0.2) is 19.5 Å². The summed E-state index contributed by atoms with van der Waals surface area (Å²) in [4.78, 5) is 12.6. The highest BCUT2D eigenvalue weighted by Gasteiger charge is 2.09. The minimum absolute atomic E-state index is 0. The van der Waals surface area contributed by atoms with Crippen molar-refractivity contribution in [3.8, 4) is 0 Å². The molecule has 6 heteroatoms. The fourth-order valence-electron chi connectivity index (χ4n) is 1.30. The van der Waals surface area contributed by atoms with Gasteiger partial charge in [0.15, 0.2) is 17.0 Å². The van der Waals surface area contributed by atoms with E-state index in [1.165, 1.54) is 0 Å². The number of aryl methyl sites for hydroxylation is 3. The number of hydrogen-bond acceptors (Lipinski definition) is 4. The zero-order chi connectivity index (χ0) is 9.59. The maximum absolute atomic E-state index is 5.71. The molecular formula is C8H12ClN5. The monoisotopic (exact) mass is 213 g/mol. The predicted molar refractivity (Wildman–Crippen MR) is 57.4 cm³/mol. The summed E-state index contributed by atoms with van der Waals surface area (Å²) >= 11 is 0. The lowest BCUT2D eigenvalue weighted by Crippen LogP contribution is -1.99. The van der Waals surface area contributed by atoms with E-state index in [1.807, 2.05) is 25.5 Å². The van der Waals surface area contributed by atoms with Gasteiger partial charge in [0.1, 0.15) is 11.6 Å². The number of rotatable bonds is 0. The van der Waals surface area contributed by atoms with Gasteiger partial charge in [-0.1, -0.05) is 0 Å². The zero-order valence-corrected chi connectivity index (χ0v) is 9.09. The van der Waals surface area contributed by atoms with Gasteiger partial charge in [0.2, 0.25) is 0 Å². The van der Waals surface area contributed by atoms with Crippen LogP contribution in [-0.2, 0) is 7.05 Å². The van der Waals surface area contributed by atoms with Crippen LogP contribution in [0.3, 0.4) is 0 Å². The Morgan fingerprint density at radius 2 is 1.79 bits per heavy atom. The summed E-state index contributed by atoms with van der Waals surface area (Å²) in [5.74, 6) is 2.01. The first-order valence-electron chi connectivity index (χ1n) is 4.02. The fourth-order valence-corrected chi connectivity index (χ4v) is 1.30. The van der Waals surface area contributed by atoms with Gasteiger partial charge in [-0.3, -0.25) is 0 Å². The van der Waals surface area contributed by atoms with E-state index >= 15 is 0 Å². The number of halogens is 1. The fraction of sp³-hybridized carbons (Fsp3) is 0.375. The summed E-state index contributed by atoms with van der Waals surface area (Å²) in [6.45, 7) is 3.73. The average Bonchev–Trinajstić information content (AvgIpc) is 2.32. The van der Waals surface area contributed by atoms with Crippen molar-refractivity contribution < 1.29 is 0 Å². The minimum atomic E-state index is 0. The molecule has 0 atom stereocenters. The maximum atomic E-state index is 5.71. The van der Waals surface area contributed by atoms with Gasteiger partial charge in [-0.15, -0.1) is 12.4 Å². The molecule has 2 N–H and O–H groups in total. The molecule has 76 valence electrons. The normalized spacial score (nSPS) is 10.2. The molecule has 0 aliphatic heterocycles. The molecule has 2 rings (SSSR count). The van der Waals surface area contributed by atoms with Crippen molar-refractivity contribution >= 4 is 29.4 Å². The van der Waals surface area contributed by atoms with Crippen LogP contribution in [0.1, 0.15) is 11.6 Å². The Hall–Kier alpha value is -1.36. The summed E-state index contributed by atoms with van der Waals surface area (Å²) in [5, 5.41) is 0. The molecule has 0 spiro atoms. The topological polar surface area (TPSA) is 69.6 Å². The number of nitrogens with zero attached hydrogens (tertiary/aromatic N) is 4. The lowest BCUT2D eigenvalue weighted by Gasteiger charge is -1.98. The van der Waals surface area contributed by atoms with Crippen molar-refractivity contribution in [2.45, 2.75) is 13.8 Å². The second-order valence-corrected chi connectivity index (χ2v) is 3.05. The molecule has 0 bridgehead atoms. The van der Waals surface area contributed by atoms with E-state index in [0.717, 1.165) is 11.5 Å². The lowest BCUT2D eigenvalue weighted by molar-refractivity contribution is 0.869. The highest BCUT2D eigenvalue weighted by Crippen LogP contribution is 2.16. The van der Waals surface area contributed by atoms with Gasteiger partial charge in [-0.05, 0) is 13.8 Å². The number of nitrogen functional groups attached to an aromatic ring is 1. The van der Waals surface area contributed by atoms with Crippen molar-refractivity contribution in [1.29, 1.82) is 0 Å². The van der Waals surface area contributed by atoms with Gasteiger partial charge in [0.25, 0.3) is 0 Å².